The maximum atomic E-state index is 12.4. The van der Waals surface area contributed by atoms with Gasteiger partial charge in [-0.1, -0.05) is 11.6 Å². The summed E-state index contributed by atoms with van der Waals surface area (Å²) in [5.74, 6) is 0. The average Bonchev–Trinajstić information content (AvgIpc) is 2.56. The lowest BCUT2D eigenvalue weighted by molar-refractivity contribution is 0.0428. The third-order valence-electron chi connectivity index (χ3n) is 3.92. The van der Waals surface area contributed by atoms with Gasteiger partial charge in [0, 0.05) is 51.7 Å². The van der Waals surface area contributed by atoms with Crippen molar-refractivity contribution in [3.05, 3.63) is 23.5 Å². The zero-order chi connectivity index (χ0) is 14.7. The van der Waals surface area contributed by atoms with Crippen LogP contribution in [0, 0.1) is 0 Å². The number of ether oxygens (including phenoxy) is 1. The SMILES string of the molecule is O=C(N1CCOCC1)N1CCN(c2ccncc2Cl)CC1. The molecule has 1 aromatic heterocycles. The van der Waals surface area contributed by atoms with Gasteiger partial charge in [0.1, 0.15) is 0 Å². The molecule has 2 saturated heterocycles. The fraction of sp³-hybridized carbons (Fsp3) is 0.571. The molecule has 2 fully saturated rings. The number of hydrogen-bond donors (Lipinski definition) is 0. The monoisotopic (exact) mass is 310 g/mol. The number of amides is 2. The summed E-state index contributed by atoms with van der Waals surface area (Å²) in [4.78, 5) is 22.4. The van der Waals surface area contributed by atoms with E-state index >= 15 is 0 Å². The molecule has 0 radical (unpaired) electrons. The van der Waals surface area contributed by atoms with Gasteiger partial charge in [0.2, 0.25) is 0 Å². The van der Waals surface area contributed by atoms with Crippen molar-refractivity contribution in [2.24, 2.45) is 0 Å². The van der Waals surface area contributed by atoms with Crippen LogP contribution in [0.15, 0.2) is 18.5 Å². The summed E-state index contributed by atoms with van der Waals surface area (Å²) < 4.78 is 5.28. The van der Waals surface area contributed by atoms with E-state index in [9.17, 15) is 4.79 Å². The Balaban J connectivity index is 1.57. The molecule has 6 nitrogen and oxygen atoms in total. The zero-order valence-corrected chi connectivity index (χ0v) is 12.6. The summed E-state index contributed by atoms with van der Waals surface area (Å²) in [5, 5.41) is 0.658. The normalized spacial score (nSPS) is 19.8. The molecule has 2 aliphatic heterocycles. The highest BCUT2D eigenvalue weighted by Crippen LogP contribution is 2.25. The van der Waals surface area contributed by atoms with Crippen LogP contribution in [0.5, 0.6) is 0 Å². The van der Waals surface area contributed by atoms with Gasteiger partial charge in [-0.15, -0.1) is 0 Å². The van der Waals surface area contributed by atoms with Crippen LogP contribution in [0.3, 0.4) is 0 Å². The highest BCUT2D eigenvalue weighted by molar-refractivity contribution is 6.33. The number of hydrogen-bond acceptors (Lipinski definition) is 4. The standard InChI is InChI=1S/C14H19ClN4O2/c15-12-11-16-2-1-13(12)17-3-5-18(6-4-17)14(20)19-7-9-21-10-8-19/h1-2,11H,3-10H2. The van der Waals surface area contributed by atoms with Gasteiger partial charge in [-0.05, 0) is 6.07 Å². The molecule has 21 heavy (non-hydrogen) atoms. The van der Waals surface area contributed by atoms with Crippen LogP contribution in [0.25, 0.3) is 0 Å². The summed E-state index contributed by atoms with van der Waals surface area (Å²) in [5.41, 5.74) is 0.991. The predicted molar refractivity (Wildman–Crippen MR) is 80.8 cm³/mol. The van der Waals surface area contributed by atoms with Crippen LogP contribution in [0.2, 0.25) is 5.02 Å². The fourth-order valence-corrected chi connectivity index (χ4v) is 2.96. The number of anilines is 1. The summed E-state index contributed by atoms with van der Waals surface area (Å²) in [6.07, 6.45) is 3.40. The second kappa shape index (κ2) is 6.49. The van der Waals surface area contributed by atoms with Crippen molar-refractivity contribution in [3.8, 4) is 0 Å². The van der Waals surface area contributed by atoms with E-state index in [4.69, 9.17) is 16.3 Å². The van der Waals surface area contributed by atoms with Crippen LogP contribution >= 0.6 is 11.6 Å². The third kappa shape index (κ3) is 3.22. The minimum Gasteiger partial charge on any atom is -0.378 e. The van der Waals surface area contributed by atoms with Crippen LogP contribution in [-0.2, 0) is 4.74 Å². The first-order valence-electron chi connectivity index (χ1n) is 7.22. The van der Waals surface area contributed by atoms with Gasteiger partial charge in [-0.3, -0.25) is 4.98 Å². The van der Waals surface area contributed by atoms with Crippen molar-refractivity contribution in [1.82, 2.24) is 14.8 Å². The molecule has 0 bridgehead atoms. The Morgan fingerprint density at radius 3 is 2.43 bits per heavy atom. The maximum Gasteiger partial charge on any atom is 0.320 e. The van der Waals surface area contributed by atoms with Gasteiger partial charge in [0.15, 0.2) is 0 Å². The molecule has 0 aromatic carbocycles. The van der Waals surface area contributed by atoms with Crippen molar-refractivity contribution < 1.29 is 9.53 Å². The van der Waals surface area contributed by atoms with Crippen LogP contribution in [-0.4, -0.2) is 73.3 Å². The minimum absolute atomic E-state index is 0.124. The van der Waals surface area contributed by atoms with Crippen molar-refractivity contribution in [2.75, 3.05) is 57.4 Å². The van der Waals surface area contributed by atoms with E-state index in [1.165, 1.54) is 0 Å². The van der Waals surface area contributed by atoms with Crippen molar-refractivity contribution in [1.29, 1.82) is 0 Å². The van der Waals surface area contributed by atoms with Gasteiger partial charge >= 0.3 is 6.03 Å². The topological polar surface area (TPSA) is 48.9 Å². The first-order chi connectivity index (χ1) is 10.3. The van der Waals surface area contributed by atoms with E-state index in [1.54, 1.807) is 12.4 Å². The van der Waals surface area contributed by atoms with Crippen molar-refractivity contribution in [3.63, 3.8) is 0 Å². The number of nitrogens with zero attached hydrogens (tertiary/aromatic N) is 4. The molecule has 0 saturated carbocycles. The molecule has 2 aliphatic rings. The first kappa shape index (κ1) is 14.4. The van der Waals surface area contributed by atoms with Crippen molar-refractivity contribution >= 4 is 23.3 Å². The number of carbonyl (C=O) groups is 1. The Morgan fingerprint density at radius 2 is 1.76 bits per heavy atom. The second-order valence-electron chi connectivity index (χ2n) is 5.18. The van der Waals surface area contributed by atoms with E-state index in [1.807, 2.05) is 15.9 Å². The van der Waals surface area contributed by atoms with Gasteiger partial charge < -0.3 is 19.4 Å². The summed E-state index contributed by atoms with van der Waals surface area (Å²) in [6, 6.07) is 2.04. The molecule has 0 spiro atoms. The lowest BCUT2D eigenvalue weighted by Gasteiger charge is -2.39. The molecule has 1 aromatic rings. The summed E-state index contributed by atoms with van der Waals surface area (Å²) >= 11 is 6.17. The third-order valence-corrected chi connectivity index (χ3v) is 4.21. The lowest BCUT2D eigenvalue weighted by atomic mass is 10.2. The van der Waals surface area contributed by atoms with Gasteiger partial charge in [-0.2, -0.15) is 0 Å². The molecule has 0 atom stereocenters. The number of aromatic nitrogens is 1. The van der Waals surface area contributed by atoms with E-state index < -0.39 is 0 Å². The summed E-state index contributed by atoms with van der Waals surface area (Å²) in [6.45, 7) is 5.67. The van der Waals surface area contributed by atoms with Gasteiger partial charge in [0.25, 0.3) is 0 Å². The molecule has 114 valence electrons. The van der Waals surface area contributed by atoms with Crippen LogP contribution < -0.4 is 4.90 Å². The van der Waals surface area contributed by atoms with Crippen molar-refractivity contribution in [2.45, 2.75) is 0 Å². The number of halogens is 1. The Morgan fingerprint density at radius 1 is 1.10 bits per heavy atom. The second-order valence-corrected chi connectivity index (χ2v) is 5.59. The lowest BCUT2D eigenvalue weighted by Crippen LogP contribution is -2.54. The quantitative estimate of drug-likeness (QED) is 0.785. The average molecular weight is 311 g/mol. The number of pyridine rings is 1. The molecule has 3 heterocycles. The Hall–Kier alpha value is -1.53. The molecule has 0 unspecified atom stereocenters. The first-order valence-corrected chi connectivity index (χ1v) is 7.59. The van der Waals surface area contributed by atoms with E-state index in [2.05, 4.69) is 9.88 Å². The van der Waals surface area contributed by atoms with Gasteiger partial charge in [0.05, 0.1) is 23.9 Å². The number of urea groups is 1. The molecule has 0 aliphatic carbocycles. The number of rotatable bonds is 1. The highest BCUT2D eigenvalue weighted by atomic mass is 35.5. The van der Waals surface area contributed by atoms with Gasteiger partial charge in [-0.25, -0.2) is 4.79 Å². The fourth-order valence-electron chi connectivity index (χ4n) is 2.72. The Labute approximate surface area is 129 Å². The smallest absolute Gasteiger partial charge is 0.320 e. The number of morpholine rings is 1. The molecular weight excluding hydrogens is 292 g/mol. The van der Waals surface area contributed by atoms with Crippen LogP contribution in [0.4, 0.5) is 10.5 Å². The Bertz CT molecular complexity index is 500. The number of piperazine rings is 1. The molecule has 0 N–H and O–H groups in total. The van der Waals surface area contributed by atoms with E-state index in [-0.39, 0.29) is 6.03 Å². The highest BCUT2D eigenvalue weighted by Gasteiger charge is 2.26. The zero-order valence-electron chi connectivity index (χ0n) is 11.9. The maximum absolute atomic E-state index is 12.4. The van der Waals surface area contributed by atoms with E-state index in [0.29, 0.717) is 31.3 Å². The molecule has 3 rings (SSSR count). The molecule has 2 amide bonds. The van der Waals surface area contributed by atoms with Crippen LogP contribution in [0.1, 0.15) is 0 Å². The van der Waals surface area contributed by atoms with E-state index in [0.717, 1.165) is 31.9 Å². The predicted octanol–water partition coefficient (Wildman–Crippen LogP) is 1.31. The molecule has 7 heteroatoms. The largest absolute Gasteiger partial charge is 0.378 e. The molecular formula is C14H19ClN4O2. The summed E-state index contributed by atoms with van der Waals surface area (Å²) in [7, 11) is 0. The minimum atomic E-state index is 0.124. The number of carbonyl (C=O) groups excluding carboxylic acids is 1. The Kier molecular flexibility index (Phi) is 4.45.